The topological polar surface area (TPSA) is 36.1 Å². The molecule has 2 aromatic heterocycles. The molecule has 0 saturated heterocycles. The minimum Gasteiger partial charge on any atom is -0.355 e. The van der Waals surface area contributed by atoms with Gasteiger partial charge in [0, 0.05) is 53.9 Å². The first-order valence-corrected chi connectivity index (χ1v) is 8.68. The molecule has 0 saturated carbocycles. The molecule has 126 valence electrons. The number of rotatable bonds is 0. The fourth-order valence-corrected chi connectivity index (χ4v) is 3.46. The summed E-state index contributed by atoms with van der Waals surface area (Å²) in [4.78, 5) is 8.15. The van der Waals surface area contributed by atoms with Gasteiger partial charge in [0.25, 0.3) is 0 Å². The maximum atomic E-state index is 4.70. The normalized spacial score (nSPS) is 17.7. The van der Waals surface area contributed by atoms with Crippen LogP contribution < -0.4 is 10.7 Å². The van der Waals surface area contributed by atoms with Crippen molar-refractivity contribution in [1.82, 2.24) is 9.55 Å². The van der Waals surface area contributed by atoms with Gasteiger partial charge in [0.15, 0.2) is 0 Å². The molecule has 0 aromatic carbocycles. The Morgan fingerprint density at radius 2 is 1.81 bits per heavy atom. The summed E-state index contributed by atoms with van der Waals surface area (Å²) in [7, 11) is 4.17. The Bertz CT molecular complexity index is 1230. The number of nitrogens with zero attached hydrogens (tertiary/aromatic N) is 3. The van der Waals surface area contributed by atoms with Gasteiger partial charge >= 0.3 is 0 Å². The molecule has 0 aliphatic carbocycles. The second-order valence-electron chi connectivity index (χ2n) is 6.79. The van der Waals surface area contributed by atoms with Crippen LogP contribution >= 0.6 is 0 Å². The highest BCUT2D eigenvalue weighted by Gasteiger charge is 2.18. The summed E-state index contributed by atoms with van der Waals surface area (Å²) in [5.41, 5.74) is 6.58. The highest BCUT2D eigenvalue weighted by Crippen LogP contribution is 2.18. The van der Waals surface area contributed by atoms with Crippen LogP contribution in [0.2, 0.25) is 0 Å². The molecule has 8 bridgehead atoms. The number of likely N-dealkylation sites (N-methyl/N-ethyl adjacent to an activating group) is 1. The number of aliphatic imine (C=N–C) groups is 1. The van der Waals surface area contributed by atoms with Crippen LogP contribution in [-0.4, -0.2) is 32.6 Å². The molecule has 0 amide bonds. The summed E-state index contributed by atoms with van der Waals surface area (Å²) in [6, 6.07) is 6.39. The Hall–Kier alpha value is -3.40. The number of aromatic amines is 1. The SMILES string of the molecule is Cn1cc2cc1C=c1ccc([nH]1)=CC1=NC(=CC3=[N+](C)C(=C2)C=C3)C=C1. The second-order valence-corrected chi connectivity index (χ2v) is 6.79. The lowest BCUT2D eigenvalue weighted by atomic mass is 10.2. The van der Waals surface area contributed by atoms with Gasteiger partial charge in [0.2, 0.25) is 11.4 Å². The number of aryl methyl sites for hydroxylation is 1. The molecule has 26 heavy (non-hydrogen) atoms. The van der Waals surface area contributed by atoms with Crippen LogP contribution in [0, 0.1) is 0 Å². The summed E-state index contributed by atoms with van der Waals surface area (Å²) in [6.07, 6.45) is 19.1. The highest BCUT2D eigenvalue weighted by molar-refractivity contribution is 6.19. The maximum Gasteiger partial charge on any atom is 0.207 e. The third-order valence-electron chi connectivity index (χ3n) is 4.90. The van der Waals surface area contributed by atoms with E-state index in [4.69, 9.17) is 4.99 Å². The van der Waals surface area contributed by atoms with Crippen molar-refractivity contribution in [2.75, 3.05) is 7.05 Å². The van der Waals surface area contributed by atoms with Gasteiger partial charge < -0.3 is 9.55 Å². The first-order chi connectivity index (χ1) is 12.6. The van der Waals surface area contributed by atoms with Crippen LogP contribution in [0.25, 0.3) is 18.2 Å². The van der Waals surface area contributed by atoms with Crippen molar-refractivity contribution >= 4 is 29.7 Å². The van der Waals surface area contributed by atoms with E-state index in [1.165, 1.54) is 11.3 Å². The van der Waals surface area contributed by atoms with Crippen LogP contribution in [0.15, 0.2) is 71.2 Å². The monoisotopic (exact) mass is 339 g/mol. The zero-order chi connectivity index (χ0) is 17.7. The van der Waals surface area contributed by atoms with Crippen LogP contribution in [0.5, 0.6) is 0 Å². The summed E-state index contributed by atoms with van der Waals surface area (Å²) < 4.78 is 4.34. The molecule has 3 aliphatic heterocycles. The van der Waals surface area contributed by atoms with Crippen LogP contribution in [-0.2, 0) is 7.05 Å². The zero-order valence-corrected chi connectivity index (χ0v) is 14.8. The second kappa shape index (κ2) is 5.56. The van der Waals surface area contributed by atoms with Gasteiger partial charge in [-0.15, -0.1) is 0 Å². The molecule has 5 heterocycles. The van der Waals surface area contributed by atoms with E-state index in [2.05, 4.69) is 95.2 Å². The first kappa shape index (κ1) is 14.9. The molecule has 0 atom stereocenters. The Morgan fingerprint density at radius 3 is 2.69 bits per heavy atom. The van der Waals surface area contributed by atoms with Gasteiger partial charge in [0.1, 0.15) is 7.05 Å². The standard InChI is InChI=1S/C22H18N4/c1-25-14-15-9-20-7-8-21(26(20)2)12-18-5-3-16(23-18)11-17-4-6-19(24-17)13-22(25)10-15/h3-14H,1-2H3/p+1. The lowest BCUT2D eigenvalue weighted by molar-refractivity contribution is -0.431. The number of allylic oxidation sites excluding steroid dienone is 5. The molecular weight excluding hydrogens is 320 g/mol. The molecule has 3 aliphatic rings. The van der Waals surface area contributed by atoms with Crippen molar-refractivity contribution in [3.05, 3.63) is 88.1 Å². The maximum absolute atomic E-state index is 4.70. The molecule has 4 nitrogen and oxygen atoms in total. The highest BCUT2D eigenvalue weighted by atomic mass is 15.0. The van der Waals surface area contributed by atoms with Gasteiger partial charge in [-0.3, -0.25) is 0 Å². The molecule has 0 spiro atoms. The number of nitrogens with one attached hydrogen (secondary N) is 1. The van der Waals surface area contributed by atoms with Gasteiger partial charge in [-0.05, 0) is 48.1 Å². The molecule has 5 rings (SSSR count). The van der Waals surface area contributed by atoms with E-state index in [-0.39, 0.29) is 0 Å². The fourth-order valence-electron chi connectivity index (χ4n) is 3.46. The summed E-state index contributed by atoms with van der Waals surface area (Å²) in [5.74, 6) is 0. The Balaban J connectivity index is 1.77. The van der Waals surface area contributed by atoms with E-state index in [0.717, 1.165) is 33.5 Å². The minimum atomic E-state index is 0.957. The molecule has 2 aromatic rings. The first-order valence-electron chi connectivity index (χ1n) is 8.68. The van der Waals surface area contributed by atoms with Crippen LogP contribution in [0.4, 0.5) is 0 Å². The van der Waals surface area contributed by atoms with Crippen LogP contribution in [0.1, 0.15) is 11.3 Å². The smallest absolute Gasteiger partial charge is 0.207 e. The van der Waals surface area contributed by atoms with E-state index < -0.39 is 0 Å². The van der Waals surface area contributed by atoms with Crippen molar-refractivity contribution in [1.29, 1.82) is 0 Å². The van der Waals surface area contributed by atoms with Gasteiger partial charge in [-0.2, -0.15) is 4.58 Å². The Morgan fingerprint density at radius 1 is 0.962 bits per heavy atom. The third kappa shape index (κ3) is 2.56. The van der Waals surface area contributed by atoms with Gasteiger partial charge in [-0.25, -0.2) is 4.99 Å². The number of aromatic nitrogens is 2. The summed E-state index contributed by atoms with van der Waals surface area (Å²) in [5, 5.41) is 2.13. The van der Waals surface area contributed by atoms with Crippen LogP contribution in [0.3, 0.4) is 0 Å². The molecule has 0 unspecified atom stereocenters. The molecule has 0 radical (unpaired) electrons. The molecule has 4 heteroatoms. The average molecular weight is 339 g/mol. The largest absolute Gasteiger partial charge is 0.355 e. The van der Waals surface area contributed by atoms with Crippen molar-refractivity contribution in [3.63, 3.8) is 0 Å². The quantitative estimate of drug-likeness (QED) is 0.712. The van der Waals surface area contributed by atoms with E-state index in [9.17, 15) is 0 Å². The summed E-state index contributed by atoms with van der Waals surface area (Å²) >= 11 is 0. The zero-order valence-electron chi connectivity index (χ0n) is 14.8. The number of hydrogen-bond acceptors (Lipinski definition) is 1. The van der Waals surface area contributed by atoms with Gasteiger partial charge in [0.05, 0.1) is 11.4 Å². The molecular formula is C22H19N4+. The van der Waals surface area contributed by atoms with Crippen molar-refractivity contribution < 1.29 is 4.58 Å². The van der Waals surface area contributed by atoms with Crippen molar-refractivity contribution in [2.45, 2.75) is 0 Å². The number of H-pyrrole nitrogens is 1. The molecule has 0 fully saturated rings. The van der Waals surface area contributed by atoms with E-state index in [1.807, 2.05) is 6.08 Å². The predicted octanol–water partition coefficient (Wildman–Crippen LogP) is 1.86. The van der Waals surface area contributed by atoms with E-state index in [0.29, 0.717) is 0 Å². The molecule has 1 N–H and O–H groups in total. The summed E-state index contributed by atoms with van der Waals surface area (Å²) in [6.45, 7) is 0. The van der Waals surface area contributed by atoms with Crippen molar-refractivity contribution in [2.24, 2.45) is 12.0 Å². The fraction of sp³-hybridized carbons (Fsp3) is 0.0909. The van der Waals surface area contributed by atoms with Gasteiger partial charge in [-0.1, -0.05) is 0 Å². The lowest BCUT2D eigenvalue weighted by Gasteiger charge is -1.94. The third-order valence-corrected chi connectivity index (χ3v) is 4.90. The lowest BCUT2D eigenvalue weighted by Crippen LogP contribution is -2.11. The average Bonchev–Trinajstić information content (AvgIpc) is 3.36. The number of hydrogen-bond donors (Lipinski definition) is 1. The Labute approximate surface area is 151 Å². The van der Waals surface area contributed by atoms with Crippen molar-refractivity contribution in [3.8, 4) is 0 Å². The van der Waals surface area contributed by atoms with E-state index in [1.54, 1.807) is 0 Å². The predicted molar refractivity (Wildman–Crippen MR) is 106 cm³/mol. The number of fused-ring (bicyclic) bond motifs is 6. The minimum absolute atomic E-state index is 0.957. The Kier molecular flexibility index (Phi) is 3.19. The van der Waals surface area contributed by atoms with E-state index >= 15 is 0 Å².